The Balaban J connectivity index is 1.36. The first-order chi connectivity index (χ1) is 14.5. The molecule has 3 aromatic heterocycles. The van der Waals surface area contributed by atoms with Gasteiger partial charge in [-0.25, -0.2) is 4.79 Å². The molecular formula is C18H14N6O5S. The first-order valence-electron chi connectivity index (χ1n) is 8.84. The lowest BCUT2D eigenvalue weighted by atomic mass is 10.2. The van der Waals surface area contributed by atoms with Gasteiger partial charge in [0.25, 0.3) is 5.69 Å². The van der Waals surface area contributed by atoms with Gasteiger partial charge in [0, 0.05) is 25.2 Å². The number of anilines is 1. The number of nitro groups is 1. The fourth-order valence-corrected chi connectivity index (χ4v) is 3.56. The van der Waals surface area contributed by atoms with Gasteiger partial charge in [-0.1, -0.05) is 17.4 Å². The number of amides is 1. The minimum atomic E-state index is -0.630. The van der Waals surface area contributed by atoms with Gasteiger partial charge in [-0.3, -0.25) is 24.5 Å². The lowest BCUT2D eigenvalue weighted by molar-refractivity contribution is -0.384. The molecule has 0 aliphatic rings. The highest BCUT2D eigenvalue weighted by molar-refractivity contribution is 7.18. The summed E-state index contributed by atoms with van der Waals surface area (Å²) in [5.41, 5.74) is 1.08. The summed E-state index contributed by atoms with van der Waals surface area (Å²) < 4.78 is 6.41. The predicted molar refractivity (Wildman–Crippen MR) is 108 cm³/mol. The van der Waals surface area contributed by atoms with Crippen LogP contribution in [0.15, 0.2) is 51.8 Å². The number of benzene rings is 1. The Hall–Kier alpha value is -3.93. The Labute approximate surface area is 172 Å². The molecule has 0 aliphatic carbocycles. The minimum absolute atomic E-state index is 0.134. The van der Waals surface area contributed by atoms with E-state index in [1.54, 1.807) is 18.3 Å². The SMILES string of the molecule is O=C(CCCn1c(=O)oc2cc([N+](=O)[O-])ccc21)Nc1nnc(-c2ccccn2)s1. The Bertz CT molecular complexity index is 1280. The Morgan fingerprint density at radius 1 is 1.27 bits per heavy atom. The fourth-order valence-electron chi connectivity index (χ4n) is 2.83. The molecule has 152 valence electrons. The zero-order valence-corrected chi connectivity index (χ0v) is 16.2. The van der Waals surface area contributed by atoms with Crippen molar-refractivity contribution in [2.75, 3.05) is 5.32 Å². The third-order valence-electron chi connectivity index (χ3n) is 4.20. The normalized spacial score (nSPS) is 10.9. The van der Waals surface area contributed by atoms with Gasteiger partial charge in [0.15, 0.2) is 10.6 Å². The lowest BCUT2D eigenvalue weighted by Gasteiger charge is -2.03. The average molecular weight is 426 g/mol. The lowest BCUT2D eigenvalue weighted by Crippen LogP contribution is -2.17. The van der Waals surface area contributed by atoms with Crippen molar-refractivity contribution in [3.63, 3.8) is 0 Å². The number of fused-ring (bicyclic) bond motifs is 1. The standard InChI is InChI=1S/C18H14N6O5S/c25-15(20-17-22-21-16(30-17)12-4-1-2-8-19-12)5-3-9-23-13-7-6-11(24(27)28)10-14(13)29-18(23)26/h1-2,4,6-8,10H,3,5,9H2,(H,20,22,25). The van der Waals surface area contributed by atoms with Crippen molar-refractivity contribution >= 4 is 39.2 Å². The summed E-state index contributed by atoms with van der Waals surface area (Å²) in [5, 5.41) is 22.4. The number of non-ortho nitro benzene ring substituents is 1. The number of nitro benzene ring substituents is 1. The van der Waals surface area contributed by atoms with E-state index in [4.69, 9.17) is 4.42 Å². The number of rotatable bonds is 7. The molecule has 3 heterocycles. The predicted octanol–water partition coefficient (Wildman–Crippen LogP) is 2.84. The van der Waals surface area contributed by atoms with Crippen LogP contribution in [0.5, 0.6) is 0 Å². The summed E-state index contributed by atoms with van der Waals surface area (Å²) in [6.07, 6.45) is 2.16. The molecule has 0 fully saturated rings. The summed E-state index contributed by atoms with van der Waals surface area (Å²) in [6.45, 7) is 0.229. The highest BCUT2D eigenvalue weighted by atomic mass is 32.1. The molecular weight excluding hydrogens is 412 g/mol. The van der Waals surface area contributed by atoms with Crippen molar-refractivity contribution < 1.29 is 14.1 Å². The molecule has 0 saturated carbocycles. The van der Waals surface area contributed by atoms with E-state index in [0.717, 1.165) is 0 Å². The largest absolute Gasteiger partial charge is 0.419 e. The molecule has 0 unspecified atom stereocenters. The van der Waals surface area contributed by atoms with Crippen LogP contribution in [0, 0.1) is 10.1 Å². The van der Waals surface area contributed by atoms with Crippen molar-refractivity contribution in [2.24, 2.45) is 0 Å². The minimum Gasteiger partial charge on any atom is -0.407 e. The molecule has 0 aliphatic heterocycles. The molecule has 30 heavy (non-hydrogen) atoms. The zero-order chi connectivity index (χ0) is 21.1. The van der Waals surface area contributed by atoms with Gasteiger partial charge in [-0.05, 0) is 24.6 Å². The van der Waals surface area contributed by atoms with Gasteiger partial charge in [0.2, 0.25) is 11.0 Å². The van der Waals surface area contributed by atoms with Gasteiger partial charge >= 0.3 is 5.76 Å². The van der Waals surface area contributed by atoms with Crippen LogP contribution in [-0.4, -0.2) is 30.6 Å². The maximum atomic E-state index is 12.2. The molecule has 0 spiro atoms. The first-order valence-corrected chi connectivity index (χ1v) is 9.65. The Morgan fingerprint density at radius 3 is 2.90 bits per heavy atom. The van der Waals surface area contributed by atoms with E-state index in [1.165, 1.54) is 34.1 Å². The van der Waals surface area contributed by atoms with E-state index in [1.807, 2.05) is 6.07 Å². The van der Waals surface area contributed by atoms with Crippen LogP contribution in [0.3, 0.4) is 0 Å². The quantitative estimate of drug-likeness (QED) is 0.350. The smallest absolute Gasteiger partial charge is 0.407 e. The summed E-state index contributed by atoms with van der Waals surface area (Å²) in [5.74, 6) is -0.898. The van der Waals surface area contributed by atoms with Crippen molar-refractivity contribution in [1.82, 2.24) is 19.7 Å². The van der Waals surface area contributed by atoms with Crippen LogP contribution in [-0.2, 0) is 11.3 Å². The van der Waals surface area contributed by atoms with Crippen LogP contribution in [0.2, 0.25) is 0 Å². The number of oxazole rings is 1. The van der Waals surface area contributed by atoms with E-state index < -0.39 is 10.7 Å². The number of hydrogen-bond acceptors (Lipinski definition) is 9. The van der Waals surface area contributed by atoms with Crippen molar-refractivity contribution in [2.45, 2.75) is 19.4 Å². The first kappa shape index (κ1) is 19.4. The average Bonchev–Trinajstić information content (AvgIpc) is 3.32. The summed E-state index contributed by atoms with van der Waals surface area (Å²) in [7, 11) is 0. The molecule has 1 aromatic carbocycles. The molecule has 12 heteroatoms. The highest BCUT2D eigenvalue weighted by Crippen LogP contribution is 2.24. The number of nitrogens with one attached hydrogen (secondary N) is 1. The van der Waals surface area contributed by atoms with E-state index in [2.05, 4.69) is 20.5 Å². The van der Waals surface area contributed by atoms with Crippen LogP contribution < -0.4 is 11.1 Å². The van der Waals surface area contributed by atoms with Gasteiger partial charge in [-0.15, -0.1) is 10.2 Å². The van der Waals surface area contributed by atoms with Crippen molar-refractivity contribution in [3.8, 4) is 10.7 Å². The summed E-state index contributed by atoms with van der Waals surface area (Å²) in [4.78, 5) is 38.7. The summed E-state index contributed by atoms with van der Waals surface area (Å²) in [6, 6.07) is 9.39. The van der Waals surface area contributed by atoms with Crippen LogP contribution >= 0.6 is 11.3 Å². The van der Waals surface area contributed by atoms with Gasteiger partial charge < -0.3 is 9.73 Å². The second-order valence-corrected chi connectivity index (χ2v) is 7.19. The summed E-state index contributed by atoms with van der Waals surface area (Å²) >= 11 is 1.21. The Kier molecular flexibility index (Phi) is 5.30. The highest BCUT2D eigenvalue weighted by Gasteiger charge is 2.15. The third kappa shape index (κ3) is 4.07. The zero-order valence-electron chi connectivity index (χ0n) is 15.3. The van der Waals surface area contributed by atoms with Crippen molar-refractivity contribution in [1.29, 1.82) is 0 Å². The monoisotopic (exact) mass is 426 g/mol. The van der Waals surface area contributed by atoms with E-state index >= 15 is 0 Å². The molecule has 0 bridgehead atoms. The number of carbonyl (C=O) groups excluding carboxylic acids is 1. The number of carbonyl (C=O) groups is 1. The van der Waals surface area contributed by atoms with E-state index in [9.17, 15) is 19.7 Å². The molecule has 0 radical (unpaired) electrons. The maximum absolute atomic E-state index is 12.2. The van der Waals surface area contributed by atoms with Crippen LogP contribution in [0.4, 0.5) is 10.8 Å². The number of aromatic nitrogens is 4. The molecule has 1 N–H and O–H groups in total. The third-order valence-corrected chi connectivity index (χ3v) is 5.06. The molecule has 0 saturated heterocycles. The maximum Gasteiger partial charge on any atom is 0.419 e. The van der Waals surface area contributed by atoms with Crippen LogP contribution in [0.25, 0.3) is 21.8 Å². The fraction of sp³-hybridized carbons (Fsp3) is 0.167. The molecule has 4 rings (SSSR count). The number of hydrogen-bond donors (Lipinski definition) is 1. The van der Waals surface area contributed by atoms with E-state index in [-0.39, 0.29) is 30.1 Å². The number of pyridine rings is 1. The van der Waals surface area contributed by atoms with Crippen LogP contribution in [0.1, 0.15) is 12.8 Å². The number of aryl methyl sites for hydroxylation is 1. The second kappa shape index (κ2) is 8.21. The van der Waals surface area contributed by atoms with Gasteiger partial charge in [-0.2, -0.15) is 0 Å². The molecule has 0 atom stereocenters. The van der Waals surface area contributed by atoms with Crippen molar-refractivity contribution in [3.05, 3.63) is 63.3 Å². The van der Waals surface area contributed by atoms with E-state index in [0.29, 0.717) is 27.8 Å². The molecule has 11 nitrogen and oxygen atoms in total. The topological polar surface area (TPSA) is 146 Å². The second-order valence-electron chi connectivity index (χ2n) is 6.21. The molecule has 4 aromatic rings. The van der Waals surface area contributed by atoms with Gasteiger partial charge in [0.05, 0.1) is 16.5 Å². The molecule has 1 amide bonds. The number of nitrogens with zero attached hydrogens (tertiary/aromatic N) is 5. The van der Waals surface area contributed by atoms with Gasteiger partial charge in [0.1, 0.15) is 5.69 Å². The Morgan fingerprint density at radius 2 is 2.13 bits per heavy atom.